The van der Waals surface area contributed by atoms with E-state index in [0.717, 1.165) is 25.9 Å². The standard InChI is InChI=1S/C16H21NO2/c1-13(18)11-16(19)12-17-9-7-15(8-10-17)14-5-3-2-4-6-14/h2-6,15H,7-12H2,1H3. The Morgan fingerprint density at radius 1 is 1.16 bits per heavy atom. The molecule has 1 saturated heterocycles. The molecule has 0 amide bonds. The van der Waals surface area contributed by atoms with E-state index in [9.17, 15) is 9.59 Å². The van der Waals surface area contributed by atoms with Crippen LogP contribution in [0.1, 0.15) is 37.7 Å². The minimum absolute atomic E-state index is 0.0378. The summed E-state index contributed by atoms with van der Waals surface area (Å²) in [5.41, 5.74) is 1.40. The van der Waals surface area contributed by atoms with E-state index in [1.807, 2.05) is 6.07 Å². The van der Waals surface area contributed by atoms with Gasteiger partial charge in [0.15, 0.2) is 5.78 Å². The summed E-state index contributed by atoms with van der Waals surface area (Å²) >= 11 is 0. The van der Waals surface area contributed by atoms with Crippen molar-refractivity contribution in [3.8, 4) is 0 Å². The highest BCUT2D eigenvalue weighted by atomic mass is 16.1. The lowest BCUT2D eigenvalue weighted by molar-refractivity contribution is -0.126. The number of benzene rings is 1. The van der Waals surface area contributed by atoms with Crippen molar-refractivity contribution in [2.24, 2.45) is 0 Å². The molecule has 1 aromatic rings. The van der Waals surface area contributed by atoms with Crippen LogP contribution in [0.3, 0.4) is 0 Å². The van der Waals surface area contributed by atoms with E-state index in [2.05, 4.69) is 29.2 Å². The van der Waals surface area contributed by atoms with Crippen LogP contribution < -0.4 is 0 Å². The number of ketones is 2. The molecule has 102 valence electrons. The van der Waals surface area contributed by atoms with E-state index in [1.165, 1.54) is 12.5 Å². The molecule has 3 nitrogen and oxygen atoms in total. The van der Waals surface area contributed by atoms with Gasteiger partial charge < -0.3 is 0 Å². The lowest BCUT2D eigenvalue weighted by Gasteiger charge is -2.31. The molecule has 0 radical (unpaired) electrons. The SMILES string of the molecule is CC(=O)CC(=O)CN1CCC(c2ccccc2)CC1. The van der Waals surface area contributed by atoms with Crippen molar-refractivity contribution in [1.29, 1.82) is 0 Å². The Morgan fingerprint density at radius 2 is 1.79 bits per heavy atom. The van der Waals surface area contributed by atoms with Crippen molar-refractivity contribution in [1.82, 2.24) is 4.90 Å². The second kappa shape index (κ2) is 6.62. The first-order valence-corrected chi connectivity index (χ1v) is 6.93. The Bertz CT molecular complexity index is 433. The van der Waals surface area contributed by atoms with E-state index in [0.29, 0.717) is 12.5 Å². The van der Waals surface area contributed by atoms with Crippen LogP contribution in [-0.2, 0) is 9.59 Å². The third kappa shape index (κ3) is 4.28. The maximum Gasteiger partial charge on any atom is 0.154 e. The molecule has 0 atom stereocenters. The van der Waals surface area contributed by atoms with E-state index < -0.39 is 0 Å². The lowest BCUT2D eigenvalue weighted by atomic mass is 9.89. The topological polar surface area (TPSA) is 37.4 Å². The van der Waals surface area contributed by atoms with Gasteiger partial charge in [0.1, 0.15) is 5.78 Å². The highest BCUT2D eigenvalue weighted by Crippen LogP contribution is 2.27. The van der Waals surface area contributed by atoms with E-state index in [1.54, 1.807) is 0 Å². The molecule has 0 bridgehead atoms. The molecule has 1 fully saturated rings. The molecule has 19 heavy (non-hydrogen) atoms. The summed E-state index contributed by atoms with van der Waals surface area (Å²) in [7, 11) is 0. The number of Topliss-reactive ketones (excluding diaryl/α,β-unsaturated/α-hetero) is 2. The van der Waals surface area contributed by atoms with Crippen molar-refractivity contribution in [3.63, 3.8) is 0 Å². The largest absolute Gasteiger partial charge is 0.300 e. The summed E-state index contributed by atoms with van der Waals surface area (Å²) in [5.74, 6) is 0.621. The van der Waals surface area contributed by atoms with Crippen molar-refractivity contribution in [2.45, 2.75) is 32.1 Å². The summed E-state index contributed by atoms with van der Waals surface area (Å²) in [6, 6.07) is 10.6. The first-order chi connectivity index (χ1) is 9.15. The first-order valence-electron chi connectivity index (χ1n) is 6.93. The Labute approximate surface area is 114 Å². The molecule has 0 saturated carbocycles. The average Bonchev–Trinajstić information content (AvgIpc) is 2.39. The van der Waals surface area contributed by atoms with E-state index >= 15 is 0 Å². The van der Waals surface area contributed by atoms with E-state index in [4.69, 9.17) is 0 Å². The molecule has 1 heterocycles. The van der Waals surface area contributed by atoms with Crippen LogP contribution in [0.25, 0.3) is 0 Å². The zero-order chi connectivity index (χ0) is 13.7. The van der Waals surface area contributed by atoms with Crippen LogP contribution in [0.5, 0.6) is 0 Å². The van der Waals surface area contributed by atoms with Crippen LogP contribution in [0.15, 0.2) is 30.3 Å². The van der Waals surface area contributed by atoms with Gasteiger partial charge in [-0.25, -0.2) is 0 Å². The minimum Gasteiger partial charge on any atom is -0.300 e. The first kappa shape index (κ1) is 13.9. The summed E-state index contributed by atoms with van der Waals surface area (Å²) in [6.45, 7) is 3.80. The molecule has 0 N–H and O–H groups in total. The van der Waals surface area contributed by atoms with Gasteiger partial charge in [-0.2, -0.15) is 0 Å². The number of likely N-dealkylation sites (tertiary alicyclic amines) is 1. The third-order valence-electron chi connectivity index (χ3n) is 3.70. The normalized spacial score (nSPS) is 17.3. The molecule has 1 aliphatic rings. The van der Waals surface area contributed by atoms with Gasteiger partial charge in [-0.05, 0) is 44.3 Å². The lowest BCUT2D eigenvalue weighted by Crippen LogP contribution is -2.37. The average molecular weight is 259 g/mol. The molecule has 2 rings (SSSR count). The van der Waals surface area contributed by atoms with Crippen LogP contribution >= 0.6 is 0 Å². The summed E-state index contributed by atoms with van der Waals surface area (Å²) in [6.07, 6.45) is 2.27. The molecule has 0 aliphatic carbocycles. The Hall–Kier alpha value is -1.48. The van der Waals surface area contributed by atoms with Crippen LogP contribution in [0.4, 0.5) is 0 Å². The van der Waals surface area contributed by atoms with Gasteiger partial charge in [0.25, 0.3) is 0 Å². The number of carbonyl (C=O) groups excluding carboxylic acids is 2. The molecule has 1 aliphatic heterocycles. The zero-order valence-corrected chi connectivity index (χ0v) is 11.5. The van der Waals surface area contributed by atoms with Crippen molar-refractivity contribution in [2.75, 3.05) is 19.6 Å². The van der Waals surface area contributed by atoms with Gasteiger partial charge in [0, 0.05) is 0 Å². The summed E-state index contributed by atoms with van der Waals surface area (Å²) < 4.78 is 0. The molecule has 1 aromatic carbocycles. The minimum atomic E-state index is -0.0378. The van der Waals surface area contributed by atoms with Gasteiger partial charge in [0.2, 0.25) is 0 Å². The second-order valence-electron chi connectivity index (χ2n) is 5.38. The highest BCUT2D eigenvalue weighted by Gasteiger charge is 2.21. The summed E-state index contributed by atoms with van der Waals surface area (Å²) in [4.78, 5) is 24.7. The molecule has 3 heteroatoms. The Balaban J connectivity index is 1.80. The Kier molecular flexibility index (Phi) is 4.86. The summed E-state index contributed by atoms with van der Waals surface area (Å²) in [5, 5.41) is 0. The molecule has 0 unspecified atom stereocenters. The van der Waals surface area contributed by atoms with Crippen molar-refractivity contribution < 1.29 is 9.59 Å². The fraction of sp³-hybridized carbons (Fsp3) is 0.500. The number of hydrogen-bond donors (Lipinski definition) is 0. The maximum absolute atomic E-state index is 11.6. The Morgan fingerprint density at radius 3 is 2.37 bits per heavy atom. The fourth-order valence-corrected chi connectivity index (χ4v) is 2.73. The number of hydrogen-bond acceptors (Lipinski definition) is 3. The predicted octanol–water partition coefficient (Wildman–Crippen LogP) is 2.41. The maximum atomic E-state index is 11.6. The van der Waals surface area contributed by atoms with Crippen LogP contribution in [0.2, 0.25) is 0 Å². The third-order valence-corrected chi connectivity index (χ3v) is 3.70. The monoisotopic (exact) mass is 259 g/mol. The van der Waals surface area contributed by atoms with Crippen molar-refractivity contribution >= 4 is 11.6 Å². The predicted molar refractivity (Wildman–Crippen MR) is 75.2 cm³/mol. The smallest absolute Gasteiger partial charge is 0.154 e. The molecular weight excluding hydrogens is 238 g/mol. The van der Waals surface area contributed by atoms with Gasteiger partial charge in [-0.3, -0.25) is 14.5 Å². The van der Waals surface area contributed by atoms with Crippen LogP contribution in [0, 0.1) is 0 Å². The molecule has 0 aromatic heterocycles. The number of piperidine rings is 1. The molecule has 0 spiro atoms. The van der Waals surface area contributed by atoms with Gasteiger partial charge in [0.05, 0.1) is 13.0 Å². The number of carbonyl (C=O) groups is 2. The van der Waals surface area contributed by atoms with Crippen LogP contribution in [-0.4, -0.2) is 36.1 Å². The van der Waals surface area contributed by atoms with Gasteiger partial charge in [-0.1, -0.05) is 30.3 Å². The second-order valence-corrected chi connectivity index (χ2v) is 5.38. The number of nitrogens with zero attached hydrogens (tertiary/aromatic N) is 1. The number of rotatable bonds is 5. The quantitative estimate of drug-likeness (QED) is 0.762. The fourth-order valence-electron chi connectivity index (χ4n) is 2.73. The van der Waals surface area contributed by atoms with Gasteiger partial charge in [-0.15, -0.1) is 0 Å². The van der Waals surface area contributed by atoms with E-state index in [-0.39, 0.29) is 18.0 Å². The highest BCUT2D eigenvalue weighted by molar-refractivity contribution is 5.98. The van der Waals surface area contributed by atoms with Crippen molar-refractivity contribution in [3.05, 3.63) is 35.9 Å². The zero-order valence-electron chi connectivity index (χ0n) is 11.5. The molecular formula is C16H21NO2. The van der Waals surface area contributed by atoms with Gasteiger partial charge >= 0.3 is 0 Å².